The van der Waals surface area contributed by atoms with Crippen molar-refractivity contribution in [3.63, 3.8) is 0 Å². The second-order valence-corrected chi connectivity index (χ2v) is 3.63. The number of carbonyl (C=O) groups is 1. The summed E-state index contributed by atoms with van der Waals surface area (Å²) < 4.78 is 38.6. The number of alkyl halides is 3. The van der Waals surface area contributed by atoms with E-state index in [1.165, 1.54) is 0 Å². The molecule has 0 aromatic carbocycles. The Bertz CT molecular complexity index is 208. The Hall–Kier alpha value is -0.620. The number of likely N-dealkylation sites (tertiary alicyclic amines) is 1. The molecule has 1 saturated heterocycles. The fourth-order valence-electron chi connectivity index (χ4n) is 1.70. The van der Waals surface area contributed by atoms with Crippen molar-refractivity contribution in [3.8, 4) is 0 Å². The van der Waals surface area contributed by atoms with E-state index in [1.807, 2.05) is 4.90 Å². The molecule has 0 amide bonds. The maximum atomic E-state index is 11.7. The van der Waals surface area contributed by atoms with Crippen molar-refractivity contribution in [3.05, 3.63) is 0 Å². The topological polar surface area (TPSA) is 29.5 Å². The summed E-state index contributed by atoms with van der Waals surface area (Å²) in [4.78, 5) is 12.3. The second-order valence-electron chi connectivity index (χ2n) is 3.63. The number of aldehydes is 1. The van der Waals surface area contributed by atoms with Crippen LogP contribution in [-0.4, -0.2) is 43.8 Å². The summed E-state index contributed by atoms with van der Waals surface area (Å²) in [5, 5.41) is 0. The molecule has 0 aromatic rings. The Labute approximate surface area is 86.2 Å². The van der Waals surface area contributed by atoms with Crippen LogP contribution in [0.5, 0.6) is 0 Å². The van der Waals surface area contributed by atoms with Crippen LogP contribution in [0.2, 0.25) is 0 Å². The van der Waals surface area contributed by atoms with E-state index in [4.69, 9.17) is 0 Å². The third kappa shape index (κ3) is 5.13. The van der Waals surface area contributed by atoms with Crippen molar-refractivity contribution < 1.29 is 22.7 Å². The molecule has 6 heteroatoms. The summed E-state index contributed by atoms with van der Waals surface area (Å²) in [5.74, 6) is -0.0374. The van der Waals surface area contributed by atoms with Crippen LogP contribution in [0.4, 0.5) is 13.2 Å². The average Bonchev–Trinajstić information content (AvgIpc) is 2.16. The van der Waals surface area contributed by atoms with Crippen LogP contribution in [-0.2, 0) is 9.53 Å². The van der Waals surface area contributed by atoms with Gasteiger partial charge in [-0.2, -0.15) is 0 Å². The first kappa shape index (κ1) is 12.4. The van der Waals surface area contributed by atoms with Gasteiger partial charge in [0.1, 0.15) is 6.29 Å². The van der Waals surface area contributed by atoms with Gasteiger partial charge in [-0.1, -0.05) is 0 Å². The number of ether oxygens (including phenoxy) is 1. The summed E-state index contributed by atoms with van der Waals surface area (Å²) >= 11 is 0. The third-order valence-electron chi connectivity index (χ3n) is 2.41. The molecule has 1 unspecified atom stereocenters. The zero-order chi connectivity index (χ0) is 11.3. The van der Waals surface area contributed by atoms with E-state index in [2.05, 4.69) is 4.74 Å². The van der Waals surface area contributed by atoms with Gasteiger partial charge >= 0.3 is 6.36 Å². The van der Waals surface area contributed by atoms with Crippen LogP contribution in [0.1, 0.15) is 12.8 Å². The van der Waals surface area contributed by atoms with E-state index in [1.54, 1.807) is 0 Å². The van der Waals surface area contributed by atoms with Gasteiger partial charge < -0.3 is 9.69 Å². The number of rotatable bonds is 4. The second kappa shape index (κ2) is 5.46. The molecule has 3 nitrogen and oxygen atoms in total. The SMILES string of the molecule is O=CC1CCCN(CCOC(F)(F)F)C1. The van der Waals surface area contributed by atoms with Crippen molar-refractivity contribution >= 4 is 6.29 Å². The Morgan fingerprint density at radius 2 is 2.20 bits per heavy atom. The minimum Gasteiger partial charge on any atom is -0.303 e. The van der Waals surface area contributed by atoms with Gasteiger partial charge in [-0.05, 0) is 19.4 Å². The smallest absolute Gasteiger partial charge is 0.303 e. The zero-order valence-electron chi connectivity index (χ0n) is 8.29. The van der Waals surface area contributed by atoms with Gasteiger partial charge in [0.05, 0.1) is 6.61 Å². The molecular weight excluding hydrogens is 211 g/mol. The van der Waals surface area contributed by atoms with Crippen LogP contribution < -0.4 is 0 Å². The standard InChI is InChI=1S/C9H14F3NO2/c10-9(11,12)15-5-4-13-3-1-2-8(6-13)7-14/h7-8H,1-6H2. The molecule has 0 aliphatic carbocycles. The highest BCUT2D eigenvalue weighted by atomic mass is 19.4. The molecule has 0 spiro atoms. The van der Waals surface area contributed by atoms with Gasteiger partial charge in [0.25, 0.3) is 0 Å². The Morgan fingerprint density at radius 1 is 1.47 bits per heavy atom. The summed E-state index contributed by atoms with van der Waals surface area (Å²) in [6, 6.07) is 0. The molecule has 1 fully saturated rings. The number of hydrogen-bond acceptors (Lipinski definition) is 3. The number of halogens is 3. The van der Waals surface area contributed by atoms with Crippen molar-refractivity contribution in [1.82, 2.24) is 4.90 Å². The molecule has 0 radical (unpaired) electrons. The summed E-state index contributed by atoms with van der Waals surface area (Å²) in [6.07, 6.45) is -1.99. The predicted molar refractivity (Wildman–Crippen MR) is 47.2 cm³/mol. The Morgan fingerprint density at radius 3 is 2.80 bits per heavy atom. The highest BCUT2D eigenvalue weighted by Gasteiger charge is 2.29. The van der Waals surface area contributed by atoms with Crippen LogP contribution in [0.25, 0.3) is 0 Å². The van der Waals surface area contributed by atoms with Crippen LogP contribution in [0.3, 0.4) is 0 Å². The van der Waals surface area contributed by atoms with E-state index in [0.717, 1.165) is 25.7 Å². The largest absolute Gasteiger partial charge is 0.522 e. The molecule has 1 aliphatic heterocycles. The lowest BCUT2D eigenvalue weighted by molar-refractivity contribution is -0.325. The fourth-order valence-corrected chi connectivity index (χ4v) is 1.70. The van der Waals surface area contributed by atoms with E-state index < -0.39 is 6.36 Å². The van der Waals surface area contributed by atoms with Crippen LogP contribution >= 0.6 is 0 Å². The van der Waals surface area contributed by atoms with Crippen LogP contribution in [0.15, 0.2) is 0 Å². The van der Waals surface area contributed by atoms with E-state index in [0.29, 0.717) is 6.54 Å². The van der Waals surface area contributed by atoms with E-state index >= 15 is 0 Å². The predicted octanol–water partition coefficient (Wildman–Crippen LogP) is 1.43. The molecule has 1 rings (SSSR count). The molecule has 1 atom stereocenters. The summed E-state index contributed by atoms with van der Waals surface area (Å²) in [6.45, 7) is 1.15. The molecule has 0 saturated carbocycles. The minimum atomic E-state index is -4.56. The number of carbonyl (C=O) groups excluding carboxylic acids is 1. The van der Waals surface area contributed by atoms with Crippen LogP contribution in [0, 0.1) is 5.92 Å². The molecule has 1 heterocycles. The lowest BCUT2D eigenvalue weighted by atomic mass is 10.00. The van der Waals surface area contributed by atoms with Gasteiger partial charge in [0.15, 0.2) is 0 Å². The lowest BCUT2D eigenvalue weighted by Crippen LogP contribution is -2.38. The Kier molecular flexibility index (Phi) is 4.53. The van der Waals surface area contributed by atoms with Gasteiger partial charge in [-0.25, -0.2) is 0 Å². The first-order chi connectivity index (χ1) is 7.01. The maximum absolute atomic E-state index is 11.7. The zero-order valence-corrected chi connectivity index (χ0v) is 8.29. The number of nitrogens with zero attached hydrogens (tertiary/aromatic N) is 1. The van der Waals surface area contributed by atoms with Gasteiger partial charge in [-0.15, -0.1) is 13.2 Å². The van der Waals surface area contributed by atoms with Crippen molar-refractivity contribution in [2.24, 2.45) is 5.92 Å². The van der Waals surface area contributed by atoms with E-state index in [-0.39, 0.29) is 19.1 Å². The van der Waals surface area contributed by atoms with Crippen molar-refractivity contribution in [1.29, 1.82) is 0 Å². The lowest BCUT2D eigenvalue weighted by Gasteiger charge is -2.29. The Balaban J connectivity index is 2.18. The average molecular weight is 225 g/mol. The molecule has 0 bridgehead atoms. The van der Waals surface area contributed by atoms with Crippen molar-refractivity contribution in [2.45, 2.75) is 19.2 Å². The molecule has 1 aliphatic rings. The molecule has 15 heavy (non-hydrogen) atoms. The van der Waals surface area contributed by atoms with Gasteiger partial charge in [0, 0.05) is 19.0 Å². The summed E-state index contributed by atoms with van der Waals surface area (Å²) in [7, 11) is 0. The maximum Gasteiger partial charge on any atom is 0.522 e. The van der Waals surface area contributed by atoms with Gasteiger partial charge in [0.2, 0.25) is 0 Å². The quantitative estimate of drug-likeness (QED) is 0.678. The molecule has 88 valence electrons. The normalized spacial score (nSPS) is 24.1. The summed E-state index contributed by atoms with van der Waals surface area (Å²) in [5.41, 5.74) is 0. The monoisotopic (exact) mass is 225 g/mol. The van der Waals surface area contributed by atoms with E-state index in [9.17, 15) is 18.0 Å². The number of piperidine rings is 1. The third-order valence-corrected chi connectivity index (χ3v) is 2.41. The highest BCUT2D eigenvalue weighted by Crippen LogP contribution is 2.17. The first-order valence-corrected chi connectivity index (χ1v) is 4.89. The van der Waals surface area contributed by atoms with Gasteiger partial charge in [-0.3, -0.25) is 4.74 Å². The molecular formula is C9H14F3NO2. The molecule has 0 N–H and O–H groups in total. The molecule has 0 aromatic heterocycles. The van der Waals surface area contributed by atoms with Crippen molar-refractivity contribution in [2.75, 3.05) is 26.2 Å². The first-order valence-electron chi connectivity index (χ1n) is 4.89. The number of hydrogen-bond donors (Lipinski definition) is 0. The highest BCUT2D eigenvalue weighted by molar-refractivity contribution is 5.53. The minimum absolute atomic E-state index is 0.0374. The fraction of sp³-hybridized carbons (Fsp3) is 0.889.